The van der Waals surface area contributed by atoms with E-state index in [-0.39, 0.29) is 11.8 Å². The van der Waals surface area contributed by atoms with Crippen molar-refractivity contribution in [3.05, 3.63) is 22.3 Å². The zero-order valence-electron chi connectivity index (χ0n) is 8.36. The van der Waals surface area contributed by atoms with E-state index in [2.05, 4.69) is 17.6 Å². The zero-order valence-corrected chi connectivity index (χ0v) is 10.8. The highest BCUT2D eigenvalue weighted by atomic mass is 35.5. The van der Waals surface area contributed by atoms with Gasteiger partial charge >= 0.3 is 0 Å². The summed E-state index contributed by atoms with van der Waals surface area (Å²) in [6.45, 7) is 0.631. The number of hydrogen-bond acceptors (Lipinski definition) is 3. The van der Waals surface area contributed by atoms with Gasteiger partial charge in [0.2, 0.25) is 5.91 Å². The number of pyridine rings is 1. The van der Waals surface area contributed by atoms with E-state index in [1.54, 1.807) is 17.0 Å². The Morgan fingerprint density at radius 1 is 1.50 bits per heavy atom. The van der Waals surface area contributed by atoms with Gasteiger partial charge < -0.3 is 0 Å². The summed E-state index contributed by atoms with van der Waals surface area (Å²) in [6, 6.07) is 3.19. The Morgan fingerprint density at radius 3 is 2.81 bits per heavy atom. The summed E-state index contributed by atoms with van der Waals surface area (Å²) in [4.78, 5) is 17.4. The van der Waals surface area contributed by atoms with Gasteiger partial charge in [0.1, 0.15) is 11.0 Å². The highest BCUT2D eigenvalue weighted by Crippen LogP contribution is 2.27. The SMILES string of the molecule is O=C1CC(CS)CN1c1cc(Cl)cc(Cl)n1. The molecule has 0 N–H and O–H groups in total. The third-order valence-corrected chi connectivity index (χ3v) is 3.41. The normalized spacial score (nSPS) is 20.6. The van der Waals surface area contributed by atoms with Crippen LogP contribution in [0, 0.1) is 5.92 Å². The molecule has 3 nitrogen and oxygen atoms in total. The van der Waals surface area contributed by atoms with Crippen LogP contribution in [0.25, 0.3) is 0 Å². The molecule has 1 atom stereocenters. The number of anilines is 1. The molecule has 1 fully saturated rings. The minimum absolute atomic E-state index is 0.0462. The van der Waals surface area contributed by atoms with Gasteiger partial charge in [0.15, 0.2) is 0 Å². The first kappa shape index (κ1) is 12.0. The highest BCUT2D eigenvalue weighted by Gasteiger charge is 2.30. The van der Waals surface area contributed by atoms with Crippen LogP contribution in [0.4, 0.5) is 5.82 Å². The third kappa shape index (κ3) is 2.44. The van der Waals surface area contributed by atoms with E-state index in [1.165, 1.54) is 0 Å². The summed E-state index contributed by atoms with van der Waals surface area (Å²) >= 11 is 15.9. The van der Waals surface area contributed by atoms with Crippen molar-refractivity contribution in [2.75, 3.05) is 17.2 Å². The molecule has 1 amide bonds. The van der Waals surface area contributed by atoms with Gasteiger partial charge in [-0.25, -0.2) is 4.98 Å². The molecule has 0 aromatic carbocycles. The quantitative estimate of drug-likeness (QED) is 0.666. The van der Waals surface area contributed by atoms with E-state index in [9.17, 15) is 4.79 Å². The van der Waals surface area contributed by atoms with E-state index < -0.39 is 0 Å². The van der Waals surface area contributed by atoms with Crippen molar-refractivity contribution in [2.24, 2.45) is 5.92 Å². The molecule has 86 valence electrons. The van der Waals surface area contributed by atoms with Crippen molar-refractivity contribution < 1.29 is 4.79 Å². The van der Waals surface area contributed by atoms with Crippen LogP contribution in [-0.2, 0) is 4.79 Å². The number of aromatic nitrogens is 1. The van der Waals surface area contributed by atoms with Gasteiger partial charge in [-0.2, -0.15) is 12.6 Å². The smallest absolute Gasteiger partial charge is 0.228 e. The molecule has 2 heterocycles. The Kier molecular flexibility index (Phi) is 3.62. The predicted octanol–water partition coefficient (Wildman–Crippen LogP) is 2.67. The number of carbonyl (C=O) groups is 1. The van der Waals surface area contributed by atoms with Crippen LogP contribution in [0.2, 0.25) is 10.2 Å². The van der Waals surface area contributed by atoms with Crippen molar-refractivity contribution in [1.82, 2.24) is 4.98 Å². The molecule has 16 heavy (non-hydrogen) atoms. The van der Waals surface area contributed by atoms with Crippen molar-refractivity contribution in [1.29, 1.82) is 0 Å². The van der Waals surface area contributed by atoms with Crippen LogP contribution in [0.15, 0.2) is 12.1 Å². The van der Waals surface area contributed by atoms with E-state index in [0.717, 1.165) is 0 Å². The van der Waals surface area contributed by atoms with Crippen molar-refractivity contribution >= 4 is 47.6 Å². The first-order valence-electron chi connectivity index (χ1n) is 4.84. The Morgan fingerprint density at radius 2 is 2.25 bits per heavy atom. The largest absolute Gasteiger partial charge is 0.296 e. The predicted molar refractivity (Wildman–Crippen MR) is 68.6 cm³/mol. The van der Waals surface area contributed by atoms with Crippen molar-refractivity contribution in [2.45, 2.75) is 6.42 Å². The maximum Gasteiger partial charge on any atom is 0.228 e. The molecule has 6 heteroatoms. The zero-order chi connectivity index (χ0) is 11.7. The fourth-order valence-electron chi connectivity index (χ4n) is 1.72. The highest BCUT2D eigenvalue weighted by molar-refractivity contribution is 7.80. The standard InChI is InChI=1S/C10H10Cl2N2OS/c11-7-2-8(12)13-9(3-7)14-4-6(5-16)1-10(14)15/h2-3,6,16H,1,4-5H2. The number of carbonyl (C=O) groups excluding carboxylic acids is 1. The molecular formula is C10H10Cl2N2OS. The van der Waals surface area contributed by atoms with Crippen LogP contribution < -0.4 is 4.90 Å². The van der Waals surface area contributed by atoms with Crippen LogP contribution in [0.1, 0.15) is 6.42 Å². The average molecular weight is 277 g/mol. The Hall–Kier alpha value is -0.450. The number of nitrogens with zero attached hydrogens (tertiary/aromatic N) is 2. The summed E-state index contributed by atoms with van der Waals surface area (Å²) in [5.74, 6) is 1.53. The van der Waals surface area contributed by atoms with Gasteiger partial charge in [0.05, 0.1) is 0 Å². The third-order valence-electron chi connectivity index (χ3n) is 2.49. The van der Waals surface area contributed by atoms with Gasteiger partial charge in [-0.1, -0.05) is 23.2 Å². The Balaban J connectivity index is 2.27. The number of rotatable bonds is 2. The monoisotopic (exact) mass is 276 g/mol. The molecule has 0 saturated carbocycles. The van der Waals surface area contributed by atoms with Crippen molar-refractivity contribution in [3.63, 3.8) is 0 Å². The molecule has 1 unspecified atom stereocenters. The van der Waals surface area contributed by atoms with Crippen LogP contribution >= 0.6 is 35.8 Å². The minimum Gasteiger partial charge on any atom is -0.296 e. The maximum absolute atomic E-state index is 11.7. The summed E-state index contributed by atoms with van der Waals surface area (Å²) in [5, 5.41) is 0.779. The van der Waals surface area contributed by atoms with Gasteiger partial charge in [-0.3, -0.25) is 9.69 Å². The second-order valence-corrected chi connectivity index (χ2v) is 4.91. The second kappa shape index (κ2) is 4.82. The fourth-order valence-corrected chi connectivity index (χ4v) is 2.42. The Labute approximate surface area is 109 Å². The van der Waals surface area contributed by atoms with Gasteiger partial charge in [0, 0.05) is 18.0 Å². The maximum atomic E-state index is 11.7. The van der Waals surface area contributed by atoms with Gasteiger partial charge in [-0.05, 0) is 23.8 Å². The summed E-state index contributed by atoms with van der Waals surface area (Å²) in [5.41, 5.74) is 0. The number of amides is 1. The topological polar surface area (TPSA) is 33.2 Å². The van der Waals surface area contributed by atoms with Gasteiger partial charge in [0.25, 0.3) is 0 Å². The number of hydrogen-bond donors (Lipinski definition) is 1. The molecule has 1 aliphatic rings. The molecule has 1 aliphatic heterocycles. The van der Waals surface area contributed by atoms with E-state index >= 15 is 0 Å². The lowest BCUT2D eigenvalue weighted by Crippen LogP contribution is -2.25. The average Bonchev–Trinajstić information content (AvgIpc) is 2.58. The second-order valence-electron chi connectivity index (χ2n) is 3.72. The lowest BCUT2D eigenvalue weighted by molar-refractivity contribution is -0.117. The van der Waals surface area contributed by atoms with E-state index in [0.29, 0.717) is 34.7 Å². The lowest BCUT2D eigenvalue weighted by Gasteiger charge is -2.15. The minimum atomic E-state index is 0.0462. The number of thiol groups is 1. The van der Waals surface area contributed by atoms with Crippen LogP contribution in [-0.4, -0.2) is 23.2 Å². The molecule has 0 bridgehead atoms. The van der Waals surface area contributed by atoms with Gasteiger partial charge in [-0.15, -0.1) is 0 Å². The molecule has 1 aromatic heterocycles. The first-order valence-corrected chi connectivity index (χ1v) is 6.23. The number of halogens is 2. The van der Waals surface area contributed by atoms with E-state index in [1.807, 2.05) is 0 Å². The molecule has 0 aliphatic carbocycles. The summed E-state index contributed by atoms with van der Waals surface area (Å²) < 4.78 is 0. The van der Waals surface area contributed by atoms with E-state index in [4.69, 9.17) is 23.2 Å². The molecule has 0 spiro atoms. The Bertz CT molecular complexity index is 407. The molecule has 0 radical (unpaired) electrons. The summed E-state index contributed by atoms with van der Waals surface area (Å²) in [7, 11) is 0. The van der Waals surface area contributed by atoms with Crippen LogP contribution in [0.3, 0.4) is 0 Å². The molecular weight excluding hydrogens is 267 g/mol. The first-order chi connectivity index (χ1) is 7.60. The molecule has 2 rings (SSSR count). The van der Waals surface area contributed by atoms with Crippen molar-refractivity contribution in [3.8, 4) is 0 Å². The fraction of sp³-hybridized carbons (Fsp3) is 0.400. The lowest BCUT2D eigenvalue weighted by atomic mass is 10.1. The molecule has 1 aromatic rings. The molecule has 1 saturated heterocycles. The van der Waals surface area contributed by atoms with Crippen LogP contribution in [0.5, 0.6) is 0 Å². The summed E-state index contributed by atoms with van der Waals surface area (Å²) in [6.07, 6.45) is 0.509.